The minimum atomic E-state index is -0.0292. The van der Waals surface area contributed by atoms with Crippen molar-refractivity contribution in [2.75, 3.05) is 16.8 Å². The van der Waals surface area contributed by atoms with Gasteiger partial charge >= 0.3 is 0 Å². The van der Waals surface area contributed by atoms with Crippen molar-refractivity contribution in [1.29, 1.82) is 0 Å². The van der Waals surface area contributed by atoms with Gasteiger partial charge in [-0.1, -0.05) is 12.1 Å². The van der Waals surface area contributed by atoms with E-state index in [2.05, 4.69) is 26.2 Å². The van der Waals surface area contributed by atoms with E-state index in [-0.39, 0.29) is 12.5 Å². The quantitative estimate of drug-likeness (QED) is 0.881. The second-order valence-corrected chi connectivity index (χ2v) is 4.90. The Kier molecular flexibility index (Phi) is 2.76. The average Bonchev–Trinajstić information content (AvgIpc) is 2.38. The zero-order valence-electron chi connectivity index (χ0n) is 9.43. The number of aromatic nitrogens is 1. The van der Waals surface area contributed by atoms with Gasteiger partial charge in [0, 0.05) is 10.7 Å². The van der Waals surface area contributed by atoms with Gasteiger partial charge in [-0.25, -0.2) is 4.98 Å². The number of para-hydroxylation sites is 2. The maximum absolute atomic E-state index is 11.7. The Morgan fingerprint density at radius 2 is 2.06 bits per heavy atom. The van der Waals surface area contributed by atoms with Gasteiger partial charge < -0.3 is 10.2 Å². The number of carbonyl (C=O) groups is 1. The molecular weight excluding hydrogens is 294 g/mol. The fourth-order valence-electron chi connectivity index (χ4n) is 1.97. The molecule has 3 rings (SSSR count). The Morgan fingerprint density at radius 1 is 1.22 bits per heavy atom. The fraction of sp³-hybridized carbons (Fsp3) is 0.0769. The van der Waals surface area contributed by atoms with Crippen molar-refractivity contribution in [2.45, 2.75) is 0 Å². The number of fused-ring (bicyclic) bond motifs is 1. The lowest BCUT2D eigenvalue weighted by Gasteiger charge is -2.29. The molecule has 1 N–H and O–H groups in total. The monoisotopic (exact) mass is 303 g/mol. The molecule has 0 bridgehead atoms. The zero-order valence-corrected chi connectivity index (χ0v) is 11.0. The SMILES string of the molecule is O=C1CN(c2ccc(Br)cn2)c2ccccc2N1. The van der Waals surface area contributed by atoms with E-state index in [1.165, 1.54) is 0 Å². The summed E-state index contributed by atoms with van der Waals surface area (Å²) in [6, 6.07) is 11.5. The van der Waals surface area contributed by atoms with Crippen LogP contribution in [-0.4, -0.2) is 17.4 Å². The first-order chi connectivity index (χ1) is 8.74. The largest absolute Gasteiger partial charge is 0.323 e. The van der Waals surface area contributed by atoms with E-state index in [0.717, 1.165) is 21.7 Å². The van der Waals surface area contributed by atoms with Gasteiger partial charge in [0.25, 0.3) is 0 Å². The van der Waals surface area contributed by atoms with E-state index in [0.29, 0.717) is 0 Å². The molecule has 0 spiro atoms. The molecule has 1 aliphatic rings. The van der Waals surface area contributed by atoms with Gasteiger partial charge in [0.2, 0.25) is 5.91 Å². The lowest BCUT2D eigenvalue weighted by Crippen LogP contribution is -2.35. The van der Waals surface area contributed by atoms with Crippen LogP contribution in [0.15, 0.2) is 47.1 Å². The van der Waals surface area contributed by atoms with Crippen LogP contribution in [-0.2, 0) is 4.79 Å². The summed E-state index contributed by atoms with van der Waals surface area (Å²) in [4.78, 5) is 17.9. The van der Waals surface area contributed by atoms with Gasteiger partial charge in [-0.15, -0.1) is 0 Å². The molecule has 4 nitrogen and oxygen atoms in total. The topological polar surface area (TPSA) is 45.2 Å². The third-order valence-corrected chi connectivity index (χ3v) is 3.23. The molecule has 5 heteroatoms. The van der Waals surface area contributed by atoms with E-state index in [9.17, 15) is 4.79 Å². The summed E-state index contributed by atoms with van der Waals surface area (Å²) in [6.45, 7) is 0.283. The smallest absolute Gasteiger partial charge is 0.244 e. The van der Waals surface area contributed by atoms with Crippen LogP contribution in [0.1, 0.15) is 0 Å². The number of benzene rings is 1. The summed E-state index contributed by atoms with van der Waals surface area (Å²) in [5.74, 6) is 0.735. The standard InChI is InChI=1S/C13H10BrN3O/c14-9-5-6-12(15-7-9)17-8-13(18)16-10-3-1-2-4-11(10)17/h1-7H,8H2,(H,16,18). The van der Waals surface area contributed by atoms with E-state index in [4.69, 9.17) is 0 Å². The Bertz CT molecular complexity index is 597. The Labute approximate surface area is 113 Å². The summed E-state index contributed by atoms with van der Waals surface area (Å²) in [7, 11) is 0. The Hall–Kier alpha value is -1.88. The van der Waals surface area contributed by atoms with Crippen molar-refractivity contribution in [2.24, 2.45) is 0 Å². The molecule has 1 aromatic carbocycles. The van der Waals surface area contributed by atoms with Crippen molar-refractivity contribution in [1.82, 2.24) is 4.98 Å². The molecule has 2 heterocycles. The summed E-state index contributed by atoms with van der Waals surface area (Å²) in [6.07, 6.45) is 1.73. The average molecular weight is 304 g/mol. The predicted octanol–water partition coefficient (Wildman–Crippen LogP) is 2.93. The van der Waals surface area contributed by atoms with Crippen LogP contribution in [0.2, 0.25) is 0 Å². The normalized spacial score (nSPS) is 14.1. The number of rotatable bonds is 1. The molecule has 0 aliphatic carbocycles. The highest BCUT2D eigenvalue weighted by molar-refractivity contribution is 9.10. The van der Waals surface area contributed by atoms with Crippen LogP contribution in [0.3, 0.4) is 0 Å². The Balaban J connectivity index is 2.07. The lowest BCUT2D eigenvalue weighted by molar-refractivity contribution is -0.115. The van der Waals surface area contributed by atoms with E-state index in [1.54, 1.807) is 6.20 Å². The molecule has 2 aromatic rings. The first-order valence-electron chi connectivity index (χ1n) is 5.52. The number of nitrogens with one attached hydrogen (secondary N) is 1. The second kappa shape index (κ2) is 4.42. The van der Waals surface area contributed by atoms with Crippen LogP contribution in [0.25, 0.3) is 0 Å². The molecule has 0 atom stereocenters. The minimum absolute atomic E-state index is 0.0292. The number of amides is 1. The molecule has 1 aromatic heterocycles. The van der Waals surface area contributed by atoms with Gasteiger partial charge in [0.15, 0.2) is 0 Å². The van der Waals surface area contributed by atoms with Crippen LogP contribution in [0.4, 0.5) is 17.2 Å². The number of halogens is 1. The molecule has 0 unspecified atom stereocenters. The molecule has 90 valence electrons. The number of hydrogen-bond acceptors (Lipinski definition) is 3. The number of hydrogen-bond donors (Lipinski definition) is 1. The summed E-state index contributed by atoms with van der Waals surface area (Å²) in [5, 5.41) is 2.85. The van der Waals surface area contributed by atoms with Crippen molar-refractivity contribution >= 4 is 39.0 Å². The molecule has 0 saturated heterocycles. The van der Waals surface area contributed by atoms with Crippen LogP contribution >= 0.6 is 15.9 Å². The zero-order chi connectivity index (χ0) is 12.5. The molecule has 18 heavy (non-hydrogen) atoms. The number of anilines is 3. The highest BCUT2D eigenvalue weighted by Gasteiger charge is 2.23. The van der Waals surface area contributed by atoms with E-state index < -0.39 is 0 Å². The second-order valence-electron chi connectivity index (χ2n) is 3.99. The van der Waals surface area contributed by atoms with Crippen molar-refractivity contribution in [3.05, 3.63) is 47.1 Å². The van der Waals surface area contributed by atoms with Gasteiger partial charge in [-0.2, -0.15) is 0 Å². The highest BCUT2D eigenvalue weighted by Crippen LogP contribution is 2.33. The lowest BCUT2D eigenvalue weighted by atomic mass is 10.2. The third kappa shape index (κ3) is 1.97. The number of nitrogens with zero attached hydrogens (tertiary/aromatic N) is 2. The van der Waals surface area contributed by atoms with Gasteiger partial charge in [-0.05, 0) is 40.2 Å². The summed E-state index contributed by atoms with van der Waals surface area (Å²) >= 11 is 3.35. The molecule has 0 saturated carbocycles. The minimum Gasteiger partial charge on any atom is -0.323 e. The summed E-state index contributed by atoms with van der Waals surface area (Å²) in [5.41, 5.74) is 1.78. The van der Waals surface area contributed by atoms with Crippen LogP contribution in [0, 0.1) is 0 Å². The molecule has 1 aliphatic heterocycles. The molecular formula is C13H10BrN3O. The molecule has 1 amide bonds. The predicted molar refractivity (Wildman–Crippen MR) is 74.0 cm³/mol. The van der Waals surface area contributed by atoms with Crippen LogP contribution in [0.5, 0.6) is 0 Å². The maximum atomic E-state index is 11.7. The van der Waals surface area contributed by atoms with Gasteiger partial charge in [-0.3, -0.25) is 4.79 Å². The van der Waals surface area contributed by atoms with Crippen molar-refractivity contribution < 1.29 is 4.79 Å². The van der Waals surface area contributed by atoms with Gasteiger partial charge in [0.05, 0.1) is 11.4 Å². The van der Waals surface area contributed by atoms with Gasteiger partial charge in [0.1, 0.15) is 12.4 Å². The third-order valence-electron chi connectivity index (χ3n) is 2.76. The first-order valence-corrected chi connectivity index (χ1v) is 6.31. The molecule has 0 fully saturated rings. The van der Waals surface area contributed by atoms with Crippen LogP contribution < -0.4 is 10.2 Å². The number of carbonyl (C=O) groups excluding carboxylic acids is 1. The van der Waals surface area contributed by atoms with Crippen molar-refractivity contribution in [3.63, 3.8) is 0 Å². The highest BCUT2D eigenvalue weighted by atomic mass is 79.9. The maximum Gasteiger partial charge on any atom is 0.244 e. The summed E-state index contributed by atoms with van der Waals surface area (Å²) < 4.78 is 0.918. The number of pyridine rings is 1. The van der Waals surface area contributed by atoms with E-state index in [1.807, 2.05) is 41.3 Å². The van der Waals surface area contributed by atoms with Crippen molar-refractivity contribution in [3.8, 4) is 0 Å². The molecule has 0 radical (unpaired) electrons. The fourth-order valence-corrected chi connectivity index (χ4v) is 2.20. The first kappa shape index (κ1) is 11.2. The Morgan fingerprint density at radius 3 is 2.83 bits per heavy atom. The van der Waals surface area contributed by atoms with E-state index >= 15 is 0 Å².